The predicted molar refractivity (Wildman–Crippen MR) is 94.3 cm³/mol. The van der Waals surface area contributed by atoms with Gasteiger partial charge in [-0.05, 0) is 18.4 Å². The van der Waals surface area contributed by atoms with Crippen molar-refractivity contribution < 1.29 is 4.74 Å². The summed E-state index contributed by atoms with van der Waals surface area (Å²) in [5.41, 5.74) is 7.31. The van der Waals surface area contributed by atoms with Crippen LogP contribution in [0.15, 0.2) is 30.3 Å². The highest BCUT2D eigenvalue weighted by Gasteiger charge is 2.26. The number of piperidine rings is 1. The van der Waals surface area contributed by atoms with Gasteiger partial charge in [-0.15, -0.1) is 12.4 Å². The van der Waals surface area contributed by atoms with Crippen LogP contribution in [0.1, 0.15) is 18.4 Å². The molecule has 2 atom stereocenters. The third kappa shape index (κ3) is 6.17. The van der Waals surface area contributed by atoms with Crippen LogP contribution in [0.3, 0.4) is 0 Å². The molecule has 1 heterocycles. The molecule has 1 aliphatic heterocycles. The Morgan fingerprint density at radius 1 is 1.33 bits per heavy atom. The minimum Gasteiger partial charge on any atom is -0.381 e. The van der Waals surface area contributed by atoms with Crippen LogP contribution in [0.5, 0.6) is 0 Å². The summed E-state index contributed by atoms with van der Waals surface area (Å²) in [6, 6.07) is 11.2. The van der Waals surface area contributed by atoms with E-state index in [-0.39, 0.29) is 12.4 Å². The summed E-state index contributed by atoms with van der Waals surface area (Å²) in [5, 5.41) is 0. The molecule has 2 N–H and O–H groups in total. The Hall–Kier alpha value is -0.260. The zero-order valence-corrected chi connectivity index (χ0v) is 14.4. The van der Waals surface area contributed by atoms with Gasteiger partial charge < -0.3 is 10.5 Å². The van der Waals surface area contributed by atoms with Crippen LogP contribution in [-0.4, -0.2) is 49.5 Å². The highest BCUT2D eigenvalue weighted by molar-refractivity contribution is 7.98. The quantitative estimate of drug-likeness (QED) is 0.780. The van der Waals surface area contributed by atoms with Crippen LogP contribution in [-0.2, 0) is 10.5 Å². The molecule has 1 aromatic carbocycles. The van der Waals surface area contributed by atoms with Crippen molar-refractivity contribution in [1.82, 2.24) is 4.90 Å². The first kappa shape index (κ1) is 18.8. The van der Waals surface area contributed by atoms with Crippen LogP contribution < -0.4 is 5.73 Å². The normalized spacial score (nSPS) is 22.8. The molecule has 1 aromatic rings. The first-order valence-electron chi connectivity index (χ1n) is 7.42. The molecule has 3 nitrogen and oxygen atoms in total. The molecule has 0 amide bonds. The number of hydrogen-bond donors (Lipinski definition) is 1. The summed E-state index contributed by atoms with van der Waals surface area (Å²) >= 11 is 2.01. The monoisotopic (exact) mass is 330 g/mol. The van der Waals surface area contributed by atoms with Crippen molar-refractivity contribution in [1.29, 1.82) is 0 Å². The lowest BCUT2D eigenvalue weighted by atomic mass is 9.99. The molecule has 0 aliphatic carbocycles. The maximum atomic E-state index is 5.90. The lowest BCUT2D eigenvalue weighted by Gasteiger charge is -2.38. The molecule has 0 spiro atoms. The molecule has 5 heteroatoms. The standard InChI is InChI=1S/C16H26N2OS.ClH/c1-19-16-7-8-18(15(11-16)12-17)9-10-20-13-14-5-3-2-4-6-14;/h2-6,15-16H,7-13,17H2,1H3;1H. The zero-order valence-electron chi connectivity index (χ0n) is 12.7. The highest BCUT2D eigenvalue weighted by atomic mass is 35.5. The van der Waals surface area contributed by atoms with E-state index in [0.29, 0.717) is 12.1 Å². The van der Waals surface area contributed by atoms with Gasteiger partial charge in [-0.2, -0.15) is 11.8 Å². The molecule has 0 saturated carbocycles. The SMILES string of the molecule is COC1CCN(CCSCc2ccccc2)C(CN)C1.Cl. The third-order valence-electron chi connectivity index (χ3n) is 4.03. The summed E-state index contributed by atoms with van der Waals surface area (Å²) in [5.74, 6) is 2.27. The molecule has 1 saturated heterocycles. The summed E-state index contributed by atoms with van der Waals surface area (Å²) in [6.07, 6.45) is 2.61. The Morgan fingerprint density at radius 2 is 2.10 bits per heavy atom. The van der Waals surface area contributed by atoms with Crippen molar-refractivity contribution in [2.75, 3.05) is 32.5 Å². The number of ether oxygens (including phenoxy) is 1. The van der Waals surface area contributed by atoms with Gasteiger partial charge in [0.1, 0.15) is 0 Å². The number of halogens is 1. The van der Waals surface area contributed by atoms with E-state index in [9.17, 15) is 0 Å². The van der Waals surface area contributed by atoms with Gasteiger partial charge >= 0.3 is 0 Å². The minimum atomic E-state index is 0. The molecule has 2 rings (SSSR count). The van der Waals surface area contributed by atoms with E-state index < -0.39 is 0 Å². The molecular weight excluding hydrogens is 304 g/mol. The average Bonchev–Trinajstić information content (AvgIpc) is 2.52. The molecule has 120 valence electrons. The summed E-state index contributed by atoms with van der Waals surface area (Å²) in [7, 11) is 1.81. The van der Waals surface area contributed by atoms with Crippen LogP contribution in [0.25, 0.3) is 0 Å². The van der Waals surface area contributed by atoms with E-state index in [1.54, 1.807) is 0 Å². The van der Waals surface area contributed by atoms with Gasteiger partial charge in [-0.3, -0.25) is 4.90 Å². The second-order valence-electron chi connectivity index (χ2n) is 5.35. The van der Waals surface area contributed by atoms with Crippen molar-refractivity contribution in [2.45, 2.75) is 30.7 Å². The van der Waals surface area contributed by atoms with E-state index in [1.165, 1.54) is 11.3 Å². The first-order valence-corrected chi connectivity index (χ1v) is 8.57. The van der Waals surface area contributed by atoms with Gasteiger partial charge in [-0.1, -0.05) is 30.3 Å². The number of thioether (sulfide) groups is 1. The number of hydrogen-bond acceptors (Lipinski definition) is 4. The molecule has 0 radical (unpaired) electrons. The maximum absolute atomic E-state index is 5.90. The average molecular weight is 331 g/mol. The topological polar surface area (TPSA) is 38.5 Å². The maximum Gasteiger partial charge on any atom is 0.0599 e. The molecule has 1 fully saturated rings. The lowest BCUT2D eigenvalue weighted by molar-refractivity contribution is 0.0158. The van der Waals surface area contributed by atoms with E-state index in [1.807, 2.05) is 18.9 Å². The molecule has 2 unspecified atom stereocenters. The van der Waals surface area contributed by atoms with Gasteiger partial charge in [0.2, 0.25) is 0 Å². The van der Waals surface area contributed by atoms with Crippen LogP contribution in [0.2, 0.25) is 0 Å². The van der Waals surface area contributed by atoms with Crippen molar-refractivity contribution in [3.63, 3.8) is 0 Å². The van der Waals surface area contributed by atoms with Crippen molar-refractivity contribution in [3.05, 3.63) is 35.9 Å². The fourth-order valence-electron chi connectivity index (χ4n) is 2.76. The second-order valence-corrected chi connectivity index (χ2v) is 6.45. The number of nitrogens with zero attached hydrogens (tertiary/aromatic N) is 1. The van der Waals surface area contributed by atoms with Crippen LogP contribution in [0.4, 0.5) is 0 Å². The molecular formula is C16H27ClN2OS. The zero-order chi connectivity index (χ0) is 14.2. The number of likely N-dealkylation sites (tertiary alicyclic amines) is 1. The smallest absolute Gasteiger partial charge is 0.0599 e. The second kappa shape index (κ2) is 10.5. The Labute approximate surface area is 139 Å². The Bertz CT molecular complexity index is 380. The fourth-order valence-corrected chi connectivity index (χ4v) is 3.70. The van der Waals surface area contributed by atoms with Gasteiger partial charge in [0, 0.05) is 44.3 Å². The number of methoxy groups -OCH3 is 1. The van der Waals surface area contributed by atoms with Crippen molar-refractivity contribution in [3.8, 4) is 0 Å². The number of rotatable bonds is 7. The summed E-state index contributed by atoms with van der Waals surface area (Å²) in [4.78, 5) is 2.54. The Balaban J connectivity index is 0.00000220. The third-order valence-corrected chi connectivity index (χ3v) is 5.04. The van der Waals surface area contributed by atoms with E-state index in [2.05, 4.69) is 35.2 Å². The summed E-state index contributed by atoms with van der Waals surface area (Å²) < 4.78 is 5.47. The molecule has 21 heavy (non-hydrogen) atoms. The van der Waals surface area contributed by atoms with Crippen molar-refractivity contribution in [2.24, 2.45) is 5.73 Å². The first-order chi connectivity index (χ1) is 9.83. The van der Waals surface area contributed by atoms with Gasteiger partial charge in [0.05, 0.1) is 6.10 Å². The Kier molecular flexibility index (Phi) is 9.36. The van der Waals surface area contributed by atoms with Gasteiger partial charge in [-0.25, -0.2) is 0 Å². The highest BCUT2D eigenvalue weighted by Crippen LogP contribution is 2.20. The summed E-state index contributed by atoms with van der Waals surface area (Å²) in [6.45, 7) is 2.99. The van der Waals surface area contributed by atoms with Crippen LogP contribution >= 0.6 is 24.2 Å². The van der Waals surface area contributed by atoms with Crippen LogP contribution in [0, 0.1) is 0 Å². The largest absolute Gasteiger partial charge is 0.381 e. The lowest BCUT2D eigenvalue weighted by Crippen LogP contribution is -2.49. The van der Waals surface area contributed by atoms with E-state index in [0.717, 1.165) is 38.2 Å². The van der Waals surface area contributed by atoms with Crippen molar-refractivity contribution >= 4 is 24.2 Å². The minimum absolute atomic E-state index is 0. The molecule has 1 aliphatic rings. The molecule has 0 bridgehead atoms. The Morgan fingerprint density at radius 3 is 2.76 bits per heavy atom. The van der Waals surface area contributed by atoms with E-state index in [4.69, 9.17) is 10.5 Å². The number of benzene rings is 1. The predicted octanol–water partition coefficient (Wildman–Crippen LogP) is 2.78. The number of nitrogens with two attached hydrogens (primary N) is 1. The fraction of sp³-hybridized carbons (Fsp3) is 0.625. The van der Waals surface area contributed by atoms with Gasteiger partial charge in [0.15, 0.2) is 0 Å². The molecule has 0 aromatic heterocycles. The van der Waals surface area contributed by atoms with Gasteiger partial charge in [0.25, 0.3) is 0 Å². The van der Waals surface area contributed by atoms with E-state index >= 15 is 0 Å².